The van der Waals surface area contributed by atoms with Crippen LogP contribution in [0, 0.1) is 11.3 Å². The summed E-state index contributed by atoms with van der Waals surface area (Å²) in [6, 6.07) is 9.58. The summed E-state index contributed by atoms with van der Waals surface area (Å²) in [6.07, 6.45) is 2.45. The van der Waals surface area contributed by atoms with Gasteiger partial charge in [-0.25, -0.2) is 4.98 Å². The van der Waals surface area contributed by atoms with Crippen LogP contribution in [0.3, 0.4) is 0 Å². The second kappa shape index (κ2) is 7.83. The minimum atomic E-state index is -0.315. The first kappa shape index (κ1) is 17.7. The van der Waals surface area contributed by atoms with Gasteiger partial charge in [0, 0.05) is 0 Å². The Kier molecular flexibility index (Phi) is 5.32. The molecule has 2 heterocycles. The van der Waals surface area contributed by atoms with Gasteiger partial charge in [0.15, 0.2) is 5.52 Å². The molecule has 0 unspecified atom stereocenters. The van der Waals surface area contributed by atoms with Crippen LogP contribution in [0.2, 0.25) is 0 Å². The first-order chi connectivity index (χ1) is 12.7. The molecule has 1 aromatic carbocycles. The Morgan fingerprint density at radius 1 is 1.23 bits per heavy atom. The van der Waals surface area contributed by atoms with Crippen molar-refractivity contribution in [3.05, 3.63) is 40.3 Å². The minimum Gasteiger partial charge on any atom is -0.493 e. The predicted molar refractivity (Wildman–Crippen MR) is 99.0 cm³/mol. The minimum absolute atomic E-state index is 0.0939. The Hall–Kier alpha value is -3.14. The molecule has 0 amide bonds. The summed E-state index contributed by atoms with van der Waals surface area (Å²) in [4.78, 5) is 20.0. The second-order valence-electron chi connectivity index (χ2n) is 5.97. The zero-order valence-corrected chi connectivity index (χ0v) is 15.0. The number of nitriles is 1. The van der Waals surface area contributed by atoms with E-state index in [1.807, 2.05) is 38.1 Å². The molecule has 0 saturated carbocycles. The normalized spacial score (nSPS) is 10.8. The van der Waals surface area contributed by atoms with Gasteiger partial charge in [0.25, 0.3) is 5.56 Å². The lowest BCUT2D eigenvalue weighted by Crippen LogP contribution is -2.10. The zero-order chi connectivity index (χ0) is 18.5. The molecule has 3 rings (SSSR count). The molecule has 26 heavy (non-hydrogen) atoms. The molecule has 0 bridgehead atoms. The molecule has 0 aliphatic heterocycles. The Balaban J connectivity index is 2.19. The van der Waals surface area contributed by atoms with E-state index in [2.05, 4.69) is 21.1 Å². The molecule has 0 radical (unpaired) electrons. The molecule has 1 N–H and O–H groups in total. The summed E-state index contributed by atoms with van der Waals surface area (Å²) in [5, 5.41) is 13.3. The third-order valence-electron chi connectivity index (χ3n) is 4.01. The van der Waals surface area contributed by atoms with Crippen LogP contribution in [0.5, 0.6) is 5.75 Å². The number of aromatic amines is 1. The number of aromatic nitrogens is 4. The van der Waals surface area contributed by atoms with Gasteiger partial charge in [-0.1, -0.05) is 32.4 Å². The van der Waals surface area contributed by atoms with Crippen LogP contribution in [0.15, 0.2) is 29.1 Å². The molecule has 0 spiro atoms. The van der Waals surface area contributed by atoms with Crippen LogP contribution in [0.1, 0.15) is 32.4 Å². The number of fused-ring (bicyclic) bond motifs is 1. The highest BCUT2D eigenvalue weighted by Gasteiger charge is 2.18. The molecule has 7 nitrogen and oxygen atoms in total. The standard InChI is InChI=1S/C19H21N5O2/c1-3-7-14-16-17(23-24(14)11-10-20)19(25)22-18(21-16)13-8-5-6-9-15(13)26-12-4-2/h5-6,8-9H,3-4,7,11-12H2,1-2H3,(H,21,22,25). The number of nitrogens with zero attached hydrogens (tertiary/aromatic N) is 4. The Bertz CT molecular complexity index is 1010. The fourth-order valence-corrected chi connectivity index (χ4v) is 2.87. The van der Waals surface area contributed by atoms with E-state index in [4.69, 9.17) is 10.00 Å². The largest absolute Gasteiger partial charge is 0.493 e. The van der Waals surface area contributed by atoms with E-state index >= 15 is 0 Å². The van der Waals surface area contributed by atoms with E-state index in [1.165, 1.54) is 0 Å². The number of nitrogens with one attached hydrogen (secondary N) is 1. The van der Waals surface area contributed by atoms with E-state index in [-0.39, 0.29) is 17.6 Å². The summed E-state index contributed by atoms with van der Waals surface area (Å²) in [5.41, 5.74) is 2.04. The summed E-state index contributed by atoms with van der Waals surface area (Å²) in [7, 11) is 0. The molecule has 7 heteroatoms. The predicted octanol–water partition coefficient (Wildman–Crippen LogP) is 3.05. The number of para-hydroxylation sites is 1. The Morgan fingerprint density at radius 2 is 2.04 bits per heavy atom. The number of aryl methyl sites for hydroxylation is 1. The highest BCUT2D eigenvalue weighted by atomic mass is 16.5. The van der Waals surface area contributed by atoms with Crippen molar-refractivity contribution in [1.82, 2.24) is 19.7 Å². The lowest BCUT2D eigenvalue weighted by Gasteiger charge is -2.10. The van der Waals surface area contributed by atoms with Crippen LogP contribution in [-0.4, -0.2) is 26.4 Å². The van der Waals surface area contributed by atoms with Gasteiger partial charge in [-0.15, -0.1) is 0 Å². The Labute approximate surface area is 151 Å². The van der Waals surface area contributed by atoms with Crippen LogP contribution in [0.25, 0.3) is 22.4 Å². The van der Waals surface area contributed by atoms with Gasteiger partial charge >= 0.3 is 0 Å². The highest BCUT2D eigenvalue weighted by Crippen LogP contribution is 2.28. The Morgan fingerprint density at radius 3 is 2.77 bits per heavy atom. The second-order valence-corrected chi connectivity index (χ2v) is 5.97. The van der Waals surface area contributed by atoms with E-state index in [0.717, 1.165) is 24.1 Å². The van der Waals surface area contributed by atoms with E-state index < -0.39 is 0 Å². The van der Waals surface area contributed by atoms with Crippen molar-refractivity contribution in [1.29, 1.82) is 5.26 Å². The quantitative estimate of drug-likeness (QED) is 0.705. The van der Waals surface area contributed by atoms with Gasteiger partial charge in [0.2, 0.25) is 0 Å². The molecular weight excluding hydrogens is 330 g/mol. The van der Waals surface area contributed by atoms with Gasteiger partial charge in [0.05, 0.1) is 23.9 Å². The van der Waals surface area contributed by atoms with Gasteiger partial charge in [0.1, 0.15) is 23.6 Å². The van der Waals surface area contributed by atoms with Gasteiger partial charge in [-0.2, -0.15) is 10.4 Å². The monoisotopic (exact) mass is 351 g/mol. The van der Waals surface area contributed by atoms with Crippen LogP contribution < -0.4 is 10.3 Å². The molecule has 134 valence electrons. The number of rotatable bonds is 7. The van der Waals surface area contributed by atoms with Crippen molar-refractivity contribution < 1.29 is 4.74 Å². The average Bonchev–Trinajstić information content (AvgIpc) is 2.99. The van der Waals surface area contributed by atoms with Crippen molar-refractivity contribution in [2.45, 2.75) is 39.7 Å². The van der Waals surface area contributed by atoms with Crippen LogP contribution in [-0.2, 0) is 13.0 Å². The maximum Gasteiger partial charge on any atom is 0.279 e. The maximum absolute atomic E-state index is 12.6. The molecule has 0 fully saturated rings. The summed E-state index contributed by atoms with van der Waals surface area (Å²) in [5.74, 6) is 1.13. The first-order valence-corrected chi connectivity index (χ1v) is 8.78. The number of H-pyrrole nitrogens is 1. The molecule has 3 aromatic rings. The van der Waals surface area contributed by atoms with Gasteiger partial charge in [-0.05, 0) is 25.0 Å². The smallest absolute Gasteiger partial charge is 0.279 e. The fourth-order valence-electron chi connectivity index (χ4n) is 2.87. The lowest BCUT2D eigenvalue weighted by molar-refractivity contribution is 0.318. The lowest BCUT2D eigenvalue weighted by atomic mass is 10.1. The molecular formula is C19H21N5O2. The van der Waals surface area contributed by atoms with Crippen molar-refractivity contribution >= 4 is 11.0 Å². The molecule has 0 saturated heterocycles. The molecule has 0 aliphatic carbocycles. The SMILES string of the molecule is CCCOc1ccccc1-c1nc2c(CCC)n(CC#N)nc2c(=O)[nH]1. The maximum atomic E-state index is 12.6. The average molecular weight is 351 g/mol. The highest BCUT2D eigenvalue weighted by molar-refractivity contribution is 5.79. The molecule has 0 aliphatic rings. The third kappa shape index (κ3) is 3.31. The van der Waals surface area contributed by atoms with Crippen molar-refractivity contribution in [3.8, 4) is 23.2 Å². The first-order valence-electron chi connectivity index (χ1n) is 8.78. The fraction of sp³-hybridized carbons (Fsp3) is 0.368. The zero-order valence-electron chi connectivity index (χ0n) is 15.0. The van der Waals surface area contributed by atoms with Crippen molar-refractivity contribution in [2.24, 2.45) is 0 Å². The van der Waals surface area contributed by atoms with E-state index in [0.29, 0.717) is 30.1 Å². The summed E-state index contributed by atoms with van der Waals surface area (Å²) < 4.78 is 7.36. The molecule has 2 aromatic heterocycles. The summed E-state index contributed by atoms with van der Waals surface area (Å²) in [6.45, 7) is 4.76. The van der Waals surface area contributed by atoms with Crippen LogP contribution >= 0.6 is 0 Å². The van der Waals surface area contributed by atoms with E-state index in [9.17, 15) is 4.79 Å². The number of ether oxygens (including phenoxy) is 1. The molecule has 0 atom stereocenters. The summed E-state index contributed by atoms with van der Waals surface area (Å²) >= 11 is 0. The van der Waals surface area contributed by atoms with Crippen LogP contribution in [0.4, 0.5) is 0 Å². The van der Waals surface area contributed by atoms with E-state index in [1.54, 1.807) is 4.68 Å². The number of benzene rings is 1. The number of hydrogen-bond acceptors (Lipinski definition) is 5. The third-order valence-corrected chi connectivity index (χ3v) is 4.01. The van der Waals surface area contributed by atoms with Crippen molar-refractivity contribution in [2.75, 3.05) is 6.61 Å². The topological polar surface area (TPSA) is 96.6 Å². The van der Waals surface area contributed by atoms with Gasteiger partial charge < -0.3 is 9.72 Å². The number of hydrogen-bond donors (Lipinski definition) is 1. The van der Waals surface area contributed by atoms with Gasteiger partial charge in [-0.3, -0.25) is 9.48 Å². The van der Waals surface area contributed by atoms with Crippen molar-refractivity contribution in [3.63, 3.8) is 0 Å².